The molecule has 1 spiro atoms. The van der Waals surface area contributed by atoms with E-state index in [1.54, 1.807) is 5.57 Å². The Morgan fingerprint density at radius 2 is 1.86 bits per heavy atom. The first-order chi connectivity index (χ1) is 12.9. The summed E-state index contributed by atoms with van der Waals surface area (Å²) in [5.74, 6) is 2.21. The summed E-state index contributed by atoms with van der Waals surface area (Å²) in [4.78, 5) is 12.5. The third kappa shape index (κ3) is 2.64. The summed E-state index contributed by atoms with van der Waals surface area (Å²) < 4.78 is 0. The molecule has 0 radical (unpaired) electrons. The summed E-state index contributed by atoms with van der Waals surface area (Å²) in [7, 11) is 0. The van der Waals surface area contributed by atoms with Gasteiger partial charge in [-0.25, -0.2) is 0 Å². The molecule has 8 unspecified atom stereocenters. The fourth-order valence-electron chi connectivity index (χ4n) is 8.49. The third-order valence-corrected chi connectivity index (χ3v) is 9.66. The van der Waals surface area contributed by atoms with Gasteiger partial charge < -0.3 is 10.2 Å². The fourth-order valence-corrected chi connectivity index (χ4v) is 8.49. The smallest absolute Gasteiger partial charge is 0.192 e. The van der Waals surface area contributed by atoms with Crippen molar-refractivity contribution in [1.29, 1.82) is 0 Å². The predicted octanol–water partition coefficient (Wildman–Crippen LogP) is 4.90. The number of carbonyl (C=O) groups is 1. The molecule has 3 saturated carbocycles. The minimum Gasteiger partial charge on any atom is -0.385 e. The van der Waals surface area contributed by atoms with Crippen molar-refractivity contribution in [3.8, 4) is 0 Å². The molecule has 4 aliphatic rings. The third-order valence-electron chi connectivity index (χ3n) is 9.66. The number of rotatable bonds is 4. The van der Waals surface area contributed by atoms with Crippen LogP contribution in [0.1, 0.15) is 86.5 Å². The molecule has 158 valence electrons. The van der Waals surface area contributed by atoms with Crippen LogP contribution in [0.2, 0.25) is 0 Å². The Balaban J connectivity index is 1.72. The van der Waals surface area contributed by atoms with E-state index in [-0.39, 0.29) is 10.8 Å². The van der Waals surface area contributed by atoms with E-state index in [0.29, 0.717) is 29.6 Å². The van der Waals surface area contributed by atoms with Crippen molar-refractivity contribution < 1.29 is 15.0 Å². The van der Waals surface area contributed by atoms with Gasteiger partial charge in [-0.1, -0.05) is 39.3 Å². The standard InChI is InChI=1S/C25H40O3/c1-15-9-10-25-16(2)7-8-17(25)20-23(5,13-18(15)25)11-12-24(20,6)14-19(26)21(27)22(3,4)28/h13,15-17,19-20,26,28H,7-12,14H2,1-6H3. The second kappa shape index (κ2) is 6.17. The van der Waals surface area contributed by atoms with E-state index in [0.717, 1.165) is 18.8 Å². The zero-order valence-electron chi connectivity index (χ0n) is 18.7. The Morgan fingerprint density at radius 1 is 1.18 bits per heavy atom. The molecule has 2 N–H and O–H groups in total. The van der Waals surface area contributed by atoms with Gasteiger partial charge in [0, 0.05) is 0 Å². The van der Waals surface area contributed by atoms with Crippen molar-refractivity contribution in [3.05, 3.63) is 11.6 Å². The predicted molar refractivity (Wildman–Crippen MR) is 112 cm³/mol. The zero-order valence-corrected chi connectivity index (χ0v) is 18.7. The number of Topliss-reactive ketones (excluding diaryl/α,β-unsaturated/α-hetero) is 1. The van der Waals surface area contributed by atoms with E-state index in [4.69, 9.17) is 0 Å². The second-order valence-electron chi connectivity index (χ2n) is 11.9. The van der Waals surface area contributed by atoms with Crippen molar-refractivity contribution >= 4 is 5.78 Å². The second-order valence-corrected chi connectivity index (χ2v) is 11.9. The highest BCUT2D eigenvalue weighted by molar-refractivity contribution is 5.90. The number of hydrogen-bond acceptors (Lipinski definition) is 3. The van der Waals surface area contributed by atoms with Gasteiger partial charge in [-0.05, 0) is 98.7 Å². The maximum Gasteiger partial charge on any atom is 0.192 e. The molecule has 0 aliphatic heterocycles. The largest absolute Gasteiger partial charge is 0.385 e. The highest BCUT2D eigenvalue weighted by atomic mass is 16.3. The summed E-state index contributed by atoms with van der Waals surface area (Å²) in [5.41, 5.74) is 0.767. The van der Waals surface area contributed by atoms with Crippen LogP contribution in [0.15, 0.2) is 11.6 Å². The van der Waals surface area contributed by atoms with E-state index < -0.39 is 17.5 Å². The lowest BCUT2D eigenvalue weighted by Gasteiger charge is -2.54. The SMILES string of the molecule is CC1CCC23C1=CC1(C)CCC(C)(CC(O)C(=O)C(C)(C)O)C1C2CCC3C. The Kier molecular flexibility index (Phi) is 4.54. The molecular weight excluding hydrogens is 348 g/mol. The van der Waals surface area contributed by atoms with E-state index in [2.05, 4.69) is 33.8 Å². The Bertz CT molecular complexity index is 703. The van der Waals surface area contributed by atoms with Gasteiger partial charge in [-0.15, -0.1) is 0 Å². The van der Waals surface area contributed by atoms with Crippen molar-refractivity contribution in [3.63, 3.8) is 0 Å². The molecule has 0 aromatic carbocycles. The molecular formula is C25H40O3. The van der Waals surface area contributed by atoms with Crippen LogP contribution in [0.3, 0.4) is 0 Å². The van der Waals surface area contributed by atoms with Crippen LogP contribution in [0.5, 0.6) is 0 Å². The average molecular weight is 389 g/mol. The summed E-state index contributed by atoms with van der Waals surface area (Å²) in [5, 5.41) is 20.9. The fraction of sp³-hybridized carbons (Fsp3) is 0.880. The maximum absolute atomic E-state index is 12.5. The van der Waals surface area contributed by atoms with E-state index in [1.165, 1.54) is 39.5 Å². The minimum absolute atomic E-state index is 0.0509. The van der Waals surface area contributed by atoms with Crippen molar-refractivity contribution in [2.45, 2.75) is 98.2 Å². The van der Waals surface area contributed by atoms with E-state index >= 15 is 0 Å². The van der Waals surface area contributed by atoms with Gasteiger partial charge in [0.25, 0.3) is 0 Å². The molecule has 0 aromatic rings. The molecule has 4 rings (SSSR count). The summed E-state index contributed by atoms with van der Waals surface area (Å²) >= 11 is 0. The van der Waals surface area contributed by atoms with Crippen LogP contribution in [-0.2, 0) is 4.79 Å². The van der Waals surface area contributed by atoms with Crippen molar-refractivity contribution in [2.75, 3.05) is 0 Å². The lowest BCUT2D eigenvalue weighted by Crippen LogP contribution is -2.50. The van der Waals surface area contributed by atoms with E-state index in [1.807, 2.05) is 0 Å². The zero-order chi connectivity index (χ0) is 20.7. The summed E-state index contributed by atoms with van der Waals surface area (Å²) in [6.07, 6.45) is 9.51. The average Bonchev–Trinajstić information content (AvgIpc) is 3.18. The molecule has 0 heterocycles. The summed E-state index contributed by atoms with van der Waals surface area (Å²) in [6.45, 7) is 12.6. The van der Waals surface area contributed by atoms with Crippen LogP contribution in [-0.4, -0.2) is 27.7 Å². The Morgan fingerprint density at radius 3 is 2.50 bits per heavy atom. The molecule has 0 aromatic heterocycles. The first-order valence-electron chi connectivity index (χ1n) is 11.5. The Hall–Kier alpha value is -0.670. The highest BCUT2D eigenvalue weighted by Gasteiger charge is 2.67. The molecule has 0 amide bonds. The number of carbonyl (C=O) groups excluding carboxylic acids is 1. The van der Waals surface area contributed by atoms with E-state index in [9.17, 15) is 15.0 Å². The molecule has 3 fully saturated rings. The maximum atomic E-state index is 12.5. The molecule has 8 atom stereocenters. The van der Waals surface area contributed by atoms with Crippen molar-refractivity contribution in [1.82, 2.24) is 0 Å². The number of fused-ring (bicyclic) bond motifs is 2. The first kappa shape index (κ1) is 20.6. The lowest BCUT2D eigenvalue weighted by molar-refractivity contribution is -0.145. The monoisotopic (exact) mass is 388 g/mol. The van der Waals surface area contributed by atoms with Gasteiger partial charge >= 0.3 is 0 Å². The van der Waals surface area contributed by atoms with Crippen LogP contribution >= 0.6 is 0 Å². The number of aliphatic hydroxyl groups excluding tert-OH is 1. The molecule has 3 nitrogen and oxygen atoms in total. The number of hydrogen-bond donors (Lipinski definition) is 2. The number of allylic oxidation sites excluding steroid dienone is 2. The molecule has 28 heavy (non-hydrogen) atoms. The Labute approximate surface area is 171 Å². The van der Waals surface area contributed by atoms with Crippen LogP contribution in [0.25, 0.3) is 0 Å². The topological polar surface area (TPSA) is 57.5 Å². The number of aliphatic hydroxyl groups is 2. The van der Waals surface area contributed by atoms with Crippen LogP contribution in [0, 0.1) is 39.9 Å². The molecule has 0 saturated heterocycles. The van der Waals surface area contributed by atoms with Crippen LogP contribution < -0.4 is 0 Å². The van der Waals surface area contributed by atoms with Crippen LogP contribution in [0.4, 0.5) is 0 Å². The van der Waals surface area contributed by atoms with Crippen molar-refractivity contribution in [2.24, 2.45) is 39.9 Å². The lowest BCUT2D eigenvalue weighted by atomic mass is 9.50. The highest BCUT2D eigenvalue weighted by Crippen LogP contribution is 2.74. The summed E-state index contributed by atoms with van der Waals surface area (Å²) in [6, 6.07) is 0. The quantitative estimate of drug-likeness (QED) is 0.673. The van der Waals surface area contributed by atoms with Gasteiger partial charge in [0.15, 0.2) is 5.78 Å². The molecule has 4 aliphatic carbocycles. The van der Waals surface area contributed by atoms with Gasteiger partial charge in [0.1, 0.15) is 11.7 Å². The first-order valence-corrected chi connectivity index (χ1v) is 11.5. The van der Waals surface area contributed by atoms with Gasteiger partial charge in [-0.2, -0.15) is 0 Å². The van der Waals surface area contributed by atoms with Gasteiger partial charge in [0.05, 0.1) is 0 Å². The number of ketones is 1. The van der Waals surface area contributed by atoms with Gasteiger partial charge in [-0.3, -0.25) is 4.79 Å². The normalized spacial score (nSPS) is 48.6. The molecule has 0 bridgehead atoms. The van der Waals surface area contributed by atoms with Gasteiger partial charge in [0.2, 0.25) is 0 Å². The minimum atomic E-state index is -1.47. The molecule has 3 heteroatoms.